The molecule has 0 radical (unpaired) electrons. The van der Waals surface area contributed by atoms with Gasteiger partial charge in [0.05, 0.1) is 14.6 Å². The van der Waals surface area contributed by atoms with Gasteiger partial charge in [-0.05, 0) is 0 Å². The Morgan fingerprint density at radius 2 is 1.47 bits per heavy atom. The molecule has 6 N–H and O–H groups in total. The molecular weight excluding hydrogens is 310 g/mol. The summed E-state index contributed by atoms with van der Waals surface area (Å²) in [5.74, 6) is 0. The third kappa shape index (κ3) is 5.94. The fourth-order valence-corrected chi connectivity index (χ4v) is 1.96. The lowest BCUT2D eigenvalue weighted by Crippen LogP contribution is -2.35. The molecule has 0 amide bonds. The van der Waals surface area contributed by atoms with Crippen LogP contribution in [0, 0.1) is 0 Å². The molecule has 0 aromatic carbocycles. The molecule has 11 nitrogen and oxygen atoms in total. The van der Waals surface area contributed by atoms with Gasteiger partial charge >= 0.3 is 15.6 Å². The Hall–Kier alpha value is 0.1000. The summed E-state index contributed by atoms with van der Waals surface area (Å²) >= 11 is 0. The van der Waals surface area contributed by atoms with Crippen LogP contribution in [0.25, 0.3) is 0 Å². The van der Waals surface area contributed by atoms with Gasteiger partial charge in [0.1, 0.15) is 24.4 Å². The minimum Gasteiger partial charge on any atom is -0.388 e. The van der Waals surface area contributed by atoms with Crippen molar-refractivity contribution in [2.24, 2.45) is 0 Å². The highest BCUT2D eigenvalue weighted by molar-refractivity contribution is 7.46. The van der Waals surface area contributed by atoms with Gasteiger partial charge in [-0.1, -0.05) is 0 Å². The second kappa shape index (κ2) is 6.25. The first-order valence-electron chi connectivity index (χ1n) is 5.36. The third-order valence-corrected chi connectivity index (χ3v) is 3.02. The average molecular weight is 326 g/mol. The summed E-state index contributed by atoms with van der Waals surface area (Å²) in [6, 6.07) is 0. The zero-order valence-electron chi connectivity index (χ0n) is 10.2. The minimum absolute atomic E-state index is 0.790. The Morgan fingerprint density at radius 3 is 1.95 bits per heavy atom. The van der Waals surface area contributed by atoms with Gasteiger partial charge in [0.15, 0.2) is 0 Å². The zero-order valence-corrected chi connectivity index (χ0v) is 11.0. The van der Waals surface area contributed by atoms with Gasteiger partial charge in [0, 0.05) is 0 Å². The Kier molecular flexibility index (Phi) is 5.09. The summed E-state index contributed by atoms with van der Waals surface area (Å²) in [7, 11) is -9.82. The summed E-state index contributed by atoms with van der Waals surface area (Å²) in [6.45, 7) is -2.80. The molecule has 0 saturated carbocycles. The number of hydrogen-bond donors (Lipinski definition) is 6. The topological polar surface area (TPSA) is 183 Å². The van der Waals surface area contributed by atoms with Crippen molar-refractivity contribution in [2.75, 3.05) is 13.2 Å². The smallest absolute Gasteiger partial charge is 0.388 e. The van der Waals surface area contributed by atoms with E-state index in [1.807, 2.05) is 0 Å². The highest BCUT2D eigenvalue weighted by Crippen LogP contribution is 2.39. The Balaban J connectivity index is 2.64. The molecule has 1 rings (SSSR count). The first kappa shape index (κ1) is 15.5. The molecule has 19 heavy (non-hydrogen) atoms. The van der Waals surface area contributed by atoms with Gasteiger partial charge in [-0.3, -0.25) is 9.05 Å². The van der Waals surface area contributed by atoms with E-state index in [9.17, 15) is 19.3 Å². The standard InChI is InChI=1S/C6H14O11P2/c7-5-3(1-15-18(9,10)11)17-4(6(5)8)2-16-19(12,13)14/h3-8H,1-2H2,(H2,9,10,11)(H2,12,13,14)/t3-,4+,5-,6-/m1/s1/i1T/t1?,3-,4+,5-,6-. The van der Waals surface area contributed by atoms with Gasteiger partial charge in [-0.2, -0.15) is 0 Å². The molecule has 1 saturated heterocycles. The summed E-state index contributed by atoms with van der Waals surface area (Å²) in [5, 5.41) is 19.1. The van der Waals surface area contributed by atoms with E-state index in [4.69, 9.17) is 25.7 Å². The van der Waals surface area contributed by atoms with Crippen LogP contribution in [0.5, 0.6) is 0 Å². The highest BCUT2D eigenvalue weighted by atomic mass is 31.2. The second-order valence-corrected chi connectivity index (χ2v) is 6.07. The monoisotopic (exact) mass is 326 g/mol. The van der Waals surface area contributed by atoms with Crippen molar-refractivity contribution in [3.05, 3.63) is 0 Å². The van der Waals surface area contributed by atoms with Gasteiger partial charge in [-0.15, -0.1) is 0 Å². The fourth-order valence-electron chi connectivity index (χ4n) is 1.34. The minimum atomic E-state index is -5.00. The number of aliphatic hydroxyl groups excluding tert-OH is 2. The number of ether oxygens (including phenoxy) is 1. The lowest BCUT2D eigenvalue weighted by molar-refractivity contribution is -0.0382. The molecule has 0 aromatic rings. The summed E-state index contributed by atoms with van der Waals surface area (Å²) in [4.78, 5) is 34.0. The van der Waals surface area contributed by atoms with Gasteiger partial charge in [0.25, 0.3) is 0 Å². The maximum Gasteiger partial charge on any atom is 0.469 e. The van der Waals surface area contributed by atoms with Crippen LogP contribution in [0.1, 0.15) is 1.37 Å². The molecule has 1 heterocycles. The van der Waals surface area contributed by atoms with Crippen molar-refractivity contribution in [2.45, 2.75) is 24.4 Å². The molecule has 1 aliphatic rings. The summed E-state index contributed by atoms with van der Waals surface area (Å²) < 4.78 is 41.2. The Morgan fingerprint density at radius 1 is 1.00 bits per heavy atom. The fraction of sp³-hybridized carbons (Fsp3) is 1.00. The molecule has 1 unspecified atom stereocenters. The van der Waals surface area contributed by atoms with Crippen LogP contribution < -0.4 is 0 Å². The highest BCUT2D eigenvalue weighted by Gasteiger charge is 2.44. The van der Waals surface area contributed by atoms with Crippen LogP contribution >= 0.6 is 15.6 Å². The zero-order chi connectivity index (χ0) is 15.7. The number of hydrogen-bond acceptors (Lipinski definition) is 7. The number of rotatable bonds is 6. The van der Waals surface area contributed by atoms with Crippen molar-refractivity contribution in [3.8, 4) is 0 Å². The van der Waals surface area contributed by atoms with Gasteiger partial charge < -0.3 is 34.5 Å². The van der Waals surface area contributed by atoms with E-state index in [2.05, 4.69) is 9.05 Å². The van der Waals surface area contributed by atoms with E-state index in [0.717, 1.165) is 0 Å². The predicted octanol–water partition coefficient (Wildman–Crippen LogP) is -2.31. The van der Waals surface area contributed by atoms with Crippen LogP contribution in [-0.4, -0.2) is 67.4 Å². The molecule has 5 atom stereocenters. The number of aliphatic hydroxyl groups is 2. The maximum absolute atomic E-state index is 10.6. The summed E-state index contributed by atoms with van der Waals surface area (Å²) in [5.41, 5.74) is 0. The van der Waals surface area contributed by atoms with Crippen molar-refractivity contribution in [3.63, 3.8) is 0 Å². The Labute approximate surface area is 108 Å². The van der Waals surface area contributed by atoms with Crippen LogP contribution in [0.3, 0.4) is 0 Å². The van der Waals surface area contributed by atoms with E-state index in [-0.39, 0.29) is 0 Å². The van der Waals surface area contributed by atoms with E-state index >= 15 is 0 Å². The first-order chi connectivity index (χ1) is 8.91. The largest absolute Gasteiger partial charge is 0.469 e. The van der Waals surface area contributed by atoms with Gasteiger partial charge in [0.2, 0.25) is 0 Å². The average Bonchev–Trinajstić information content (AvgIpc) is 2.50. The summed E-state index contributed by atoms with van der Waals surface area (Å²) in [6.07, 6.45) is -6.42. The SMILES string of the molecule is [3H]C(OP(=O)(O)O)[C@H]1O[C@@H](COP(=O)(O)O)[C@@H](O)[C@@H]1O. The lowest BCUT2D eigenvalue weighted by atomic mass is 10.1. The predicted molar refractivity (Wildman–Crippen MR) is 56.7 cm³/mol. The van der Waals surface area contributed by atoms with Crippen molar-refractivity contribution in [1.82, 2.24) is 0 Å². The Bertz CT molecular complexity index is 419. The van der Waals surface area contributed by atoms with E-state index < -0.39 is 53.3 Å². The van der Waals surface area contributed by atoms with Gasteiger partial charge in [-0.25, -0.2) is 9.13 Å². The molecule has 0 bridgehead atoms. The molecule has 0 aromatic heterocycles. The lowest BCUT2D eigenvalue weighted by Gasteiger charge is -2.15. The van der Waals surface area contributed by atoms with E-state index in [1.165, 1.54) is 0 Å². The molecule has 13 heteroatoms. The first-order valence-corrected chi connectivity index (χ1v) is 7.84. The molecule has 0 aliphatic carbocycles. The third-order valence-electron chi connectivity index (χ3n) is 2.14. The molecule has 1 fully saturated rings. The quantitative estimate of drug-likeness (QED) is 0.288. The van der Waals surface area contributed by atoms with Crippen molar-refractivity contribution >= 4 is 15.6 Å². The van der Waals surface area contributed by atoms with Crippen molar-refractivity contribution in [1.29, 1.82) is 0 Å². The normalized spacial score (nSPS) is 35.2. The van der Waals surface area contributed by atoms with E-state index in [1.54, 1.807) is 0 Å². The van der Waals surface area contributed by atoms with Crippen LogP contribution in [0.2, 0.25) is 0 Å². The van der Waals surface area contributed by atoms with Crippen molar-refractivity contribution < 1.29 is 54.1 Å². The molecule has 0 spiro atoms. The molecular formula is C6H14O11P2. The second-order valence-electron chi connectivity index (χ2n) is 3.64. The van der Waals surface area contributed by atoms with Crippen LogP contribution in [0.15, 0.2) is 0 Å². The number of phosphoric acid groups is 2. The van der Waals surface area contributed by atoms with E-state index in [0.29, 0.717) is 0 Å². The molecule has 1 aliphatic heterocycles. The van der Waals surface area contributed by atoms with Crippen LogP contribution in [0.4, 0.5) is 0 Å². The maximum atomic E-state index is 10.6. The van der Waals surface area contributed by atoms with Crippen LogP contribution in [-0.2, 0) is 22.9 Å². The number of phosphoric ester groups is 2. The molecule has 114 valence electrons.